The molecule has 3 rings (SSSR count). The van der Waals surface area contributed by atoms with E-state index in [9.17, 15) is 0 Å². The fourth-order valence-electron chi connectivity index (χ4n) is 2.50. The Hall–Kier alpha value is -0.0500. The first kappa shape index (κ1) is 11.1. The molecule has 0 saturated heterocycles. The van der Waals surface area contributed by atoms with Crippen LogP contribution in [0, 0.1) is 11.8 Å². The van der Waals surface area contributed by atoms with Crippen LogP contribution in [0.1, 0.15) is 44.2 Å². The van der Waals surface area contributed by atoms with Crippen LogP contribution < -0.4 is 5.32 Å². The van der Waals surface area contributed by atoms with Gasteiger partial charge in [-0.1, -0.05) is 11.6 Å². The molecular weight excluding hydrogens is 238 g/mol. The van der Waals surface area contributed by atoms with E-state index in [1.54, 1.807) is 11.3 Å². The summed E-state index contributed by atoms with van der Waals surface area (Å²) in [4.78, 5) is 0. The molecule has 0 radical (unpaired) electrons. The lowest BCUT2D eigenvalue weighted by atomic mass is 10.0. The number of halogens is 1. The van der Waals surface area contributed by atoms with Crippen molar-refractivity contribution in [3.8, 4) is 0 Å². The summed E-state index contributed by atoms with van der Waals surface area (Å²) in [5.41, 5.74) is 1.35. The molecule has 1 nitrogen and oxygen atoms in total. The van der Waals surface area contributed by atoms with E-state index >= 15 is 0 Å². The van der Waals surface area contributed by atoms with E-state index in [4.69, 9.17) is 11.6 Å². The standard InChI is InChI=1S/C13H18ClNS/c1-8(11-6-12(14)16-7-11)15-13(9-2-3-9)10-4-5-10/h6-10,13,15H,2-5H2,1H3. The van der Waals surface area contributed by atoms with Gasteiger partial charge in [-0.2, -0.15) is 0 Å². The smallest absolute Gasteiger partial charge is 0.0931 e. The van der Waals surface area contributed by atoms with Crippen molar-refractivity contribution in [1.29, 1.82) is 0 Å². The van der Waals surface area contributed by atoms with Gasteiger partial charge in [-0.25, -0.2) is 0 Å². The first-order valence-electron chi connectivity index (χ1n) is 6.24. The first-order chi connectivity index (χ1) is 7.74. The minimum Gasteiger partial charge on any atom is -0.307 e. The fourth-order valence-corrected chi connectivity index (χ4v) is 3.49. The highest BCUT2D eigenvalue weighted by atomic mass is 35.5. The van der Waals surface area contributed by atoms with Crippen LogP contribution in [0.15, 0.2) is 11.4 Å². The van der Waals surface area contributed by atoms with Gasteiger partial charge in [0.1, 0.15) is 0 Å². The van der Waals surface area contributed by atoms with E-state index < -0.39 is 0 Å². The van der Waals surface area contributed by atoms with Crippen molar-refractivity contribution in [2.24, 2.45) is 11.8 Å². The minimum absolute atomic E-state index is 0.454. The van der Waals surface area contributed by atoms with Gasteiger partial charge < -0.3 is 5.32 Å². The molecule has 0 amide bonds. The number of hydrogen-bond donors (Lipinski definition) is 1. The Bertz CT molecular complexity index is 356. The second-order valence-corrected chi connectivity index (χ2v) is 6.82. The highest BCUT2D eigenvalue weighted by molar-refractivity contribution is 7.14. The molecule has 3 heteroatoms. The normalized spacial score (nSPS) is 22.7. The maximum absolute atomic E-state index is 5.98. The molecule has 1 heterocycles. The van der Waals surface area contributed by atoms with Crippen molar-refractivity contribution < 1.29 is 0 Å². The Morgan fingerprint density at radius 3 is 2.38 bits per heavy atom. The zero-order chi connectivity index (χ0) is 11.1. The van der Waals surface area contributed by atoms with Gasteiger partial charge in [0.15, 0.2) is 0 Å². The van der Waals surface area contributed by atoms with Gasteiger partial charge in [0.2, 0.25) is 0 Å². The molecule has 2 aliphatic rings. The van der Waals surface area contributed by atoms with Crippen LogP contribution in [0.2, 0.25) is 4.34 Å². The number of rotatable bonds is 5. The molecule has 16 heavy (non-hydrogen) atoms. The van der Waals surface area contributed by atoms with Crippen LogP contribution in [0.25, 0.3) is 0 Å². The summed E-state index contributed by atoms with van der Waals surface area (Å²) in [7, 11) is 0. The van der Waals surface area contributed by atoms with Crippen molar-refractivity contribution in [3.63, 3.8) is 0 Å². The molecule has 1 unspecified atom stereocenters. The Morgan fingerprint density at radius 2 is 1.94 bits per heavy atom. The highest BCUT2D eigenvalue weighted by Gasteiger charge is 2.41. The van der Waals surface area contributed by atoms with Gasteiger partial charge in [-0.3, -0.25) is 0 Å². The summed E-state index contributed by atoms with van der Waals surface area (Å²) < 4.78 is 0.901. The lowest BCUT2D eigenvalue weighted by Gasteiger charge is -2.22. The lowest BCUT2D eigenvalue weighted by Crippen LogP contribution is -2.35. The Balaban J connectivity index is 1.63. The van der Waals surface area contributed by atoms with Crippen molar-refractivity contribution >= 4 is 22.9 Å². The topological polar surface area (TPSA) is 12.0 Å². The monoisotopic (exact) mass is 255 g/mol. The zero-order valence-corrected chi connectivity index (χ0v) is 11.2. The van der Waals surface area contributed by atoms with E-state index in [0.717, 1.165) is 22.2 Å². The Morgan fingerprint density at radius 1 is 1.31 bits per heavy atom. The molecule has 2 aliphatic carbocycles. The minimum atomic E-state index is 0.454. The van der Waals surface area contributed by atoms with Gasteiger partial charge in [-0.05, 0) is 61.5 Å². The lowest BCUT2D eigenvalue weighted by molar-refractivity contribution is 0.378. The SMILES string of the molecule is CC(NC(C1CC1)C1CC1)c1csc(Cl)c1. The maximum atomic E-state index is 5.98. The molecule has 0 bridgehead atoms. The van der Waals surface area contributed by atoms with Gasteiger partial charge in [0, 0.05) is 12.1 Å². The second kappa shape index (κ2) is 4.32. The van der Waals surface area contributed by atoms with Crippen LogP contribution in [0.4, 0.5) is 0 Å². The largest absolute Gasteiger partial charge is 0.307 e. The van der Waals surface area contributed by atoms with Crippen molar-refractivity contribution in [2.75, 3.05) is 0 Å². The zero-order valence-electron chi connectivity index (χ0n) is 9.58. The predicted octanol–water partition coefficient (Wildman–Crippen LogP) is 4.24. The summed E-state index contributed by atoms with van der Waals surface area (Å²) in [6.07, 6.45) is 5.74. The van der Waals surface area contributed by atoms with Crippen LogP contribution in [0.3, 0.4) is 0 Å². The van der Waals surface area contributed by atoms with E-state index in [-0.39, 0.29) is 0 Å². The van der Waals surface area contributed by atoms with Gasteiger partial charge in [0.05, 0.1) is 4.34 Å². The van der Waals surface area contributed by atoms with Crippen LogP contribution in [-0.2, 0) is 0 Å². The van der Waals surface area contributed by atoms with Crippen LogP contribution >= 0.6 is 22.9 Å². The quantitative estimate of drug-likeness (QED) is 0.830. The molecule has 0 aromatic carbocycles. The highest BCUT2D eigenvalue weighted by Crippen LogP contribution is 2.45. The summed E-state index contributed by atoms with van der Waals surface area (Å²) >= 11 is 7.61. The van der Waals surface area contributed by atoms with Gasteiger partial charge >= 0.3 is 0 Å². The molecule has 2 fully saturated rings. The maximum Gasteiger partial charge on any atom is 0.0931 e. The molecule has 1 aromatic heterocycles. The summed E-state index contributed by atoms with van der Waals surface area (Å²) in [5.74, 6) is 1.92. The first-order valence-corrected chi connectivity index (χ1v) is 7.50. The Kier molecular flexibility index (Phi) is 2.99. The van der Waals surface area contributed by atoms with Gasteiger partial charge in [-0.15, -0.1) is 11.3 Å². The fraction of sp³-hybridized carbons (Fsp3) is 0.692. The average molecular weight is 256 g/mol. The molecule has 0 aliphatic heterocycles. The van der Waals surface area contributed by atoms with E-state index in [0.29, 0.717) is 6.04 Å². The summed E-state index contributed by atoms with van der Waals surface area (Å²) in [5, 5.41) is 6.00. The molecular formula is C13H18ClNS. The van der Waals surface area contributed by atoms with Gasteiger partial charge in [0.25, 0.3) is 0 Å². The second-order valence-electron chi connectivity index (χ2n) is 5.27. The molecule has 2 saturated carbocycles. The molecule has 1 atom stereocenters. The molecule has 1 aromatic rings. The van der Waals surface area contributed by atoms with E-state index in [1.165, 1.54) is 31.2 Å². The number of thiophene rings is 1. The van der Waals surface area contributed by atoms with Crippen LogP contribution in [0.5, 0.6) is 0 Å². The predicted molar refractivity (Wildman–Crippen MR) is 70.1 cm³/mol. The third-order valence-corrected chi connectivity index (χ3v) is 4.90. The molecule has 1 N–H and O–H groups in total. The summed E-state index contributed by atoms with van der Waals surface area (Å²) in [6.45, 7) is 2.26. The molecule has 0 spiro atoms. The van der Waals surface area contributed by atoms with Crippen molar-refractivity contribution in [3.05, 3.63) is 21.3 Å². The summed E-state index contributed by atoms with van der Waals surface area (Å²) in [6, 6.07) is 3.32. The molecule has 88 valence electrons. The van der Waals surface area contributed by atoms with Crippen molar-refractivity contribution in [2.45, 2.75) is 44.7 Å². The third kappa shape index (κ3) is 2.44. The van der Waals surface area contributed by atoms with Crippen molar-refractivity contribution in [1.82, 2.24) is 5.32 Å². The van der Waals surface area contributed by atoms with Crippen LogP contribution in [-0.4, -0.2) is 6.04 Å². The number of nitrogens with one attached hydrogen (secondary N) is 1. The Labute approximate surface area is 106 Å². The third-order valence-electron chi connectivity index (χ3n) is 3.79. The van der Waals surface area contributed by atoms with E-state index in [2.05, 4.69) is 23.7 Å². The van der Waals surface area contributed by atoms with E-state index in [1.807, 2.05) is 0 Å². The average Bonchev–Trinajstić information content (AvgIpc) is 3.14. The number of hydrogen-bond acceptors (Lipinski definition) is 2.